The van der Waals surface area contributed by atoms with Gasteiger partial charge in [0.05, 0.1) is 16.7 Å². The van der Waals surface area contributed by atoms with Crippen LogP contribution >= 0.6 is 27.5 Å². The smallest absolute Gasteiger partial charge is 0.100 e. The summed E-state index contributed by atoms with van der Waals surface area (Å²) in [6.45, 7) is 4.23. The second kappa shape index (κ2) is 5.23. The summed E-state index contributed by atoms with van der Waals surface area (Å²) >= 11 is 9.56. The van der Waals surface area contributed by atoms with E-state index in [1.54, 1.807) is 0 Å². The summed E-state index contributed by atoms with van der Waals surface area (Å²) in [7, 11) is 0. The molecule has 0 saturated carbocycles. The Balaban J connectivity index is 2.27. The van der Waals surface area contributed by atoms with Crippen molar-refractivity contribution in [3.8, 4) is 5.69 Å². The molecule has 1 heterocycles. The first-order valence-corrected chi connectivity index (χ1v) is 7.72. The lowest BCUT2D eigenvalue weighted by molar-refractivity contribution is 1.06. The number of aromatic nitrogens is 2. The van der Waals surface area contributed by atoms with Crippen molar-refractivity contribution in [2.24, 2.45) is 0 Å². The first-order valence-electron chi connectivity index (χ1n) is 6.39. The van der Waals surface area contributed by atoms with Gasteiger partial charge in [0.15, 0.2) is 0 Å². The average molecular weight is 350 g/mol. The molecule has 0 aliphatic heterocycles. The highest BCUT2D eigenvalue weighted by Crippen LogP contribution is 2.26. The first-order chi connectivity index (χ1) is 9.60. The van der Waals surface area contributed by atoms with Gasteiger partial charge in [-0.15, -0.1) is 11.6 Å². The third-order valence-electron chi connectivity index (χ3n) is 3.61. The van der Waals surface area contributed by atoms with Crippen molar-refractivity contribution in [2.75, 3.05) is 0 Å². The molecular formula is C16H14BrClN2. The molecule has 102 valence electrons. The van der Waals surface area contributed by atoms with E-state index in [2.05, 4.69) is 63.6 Å². The third kappa shape index (κ3) is 2.25. The molecule has 0 spiro atoms. The van der Waals surface area contributed by atoms with E-state index in [0.29, 0.717) is 5.88 Å². The molecule has 0 N–H and O–H groups in total. The van der Waals surface area contributed by atoms with Gasteiger partial charge < -0.3 is 0 Å². The van der Waals surface area contributed by atoms with Crippen LogP contribution in [0.15, 0.2) is 41.1 Å². The lowest BCUT2D eigenvalue weighted by Gasteiger charge is -2.10. The molecule has 0 aliphatic rings. The van der Waals surface area contributed by atoms with Crippen LogP contribution in [0.3, 0.4) is 0 Å². The highest BCUT2D eigenvalue weighted by molar-refractivity contribution is 9.10. The summed E-state index contributed by atoms with van der Waals surface area (Å²) in [5, 5.41) is 0. The van der Waals surface area contributed by atoms with Crippen molar-refractivity contribution in [1.82, 2.24) is 9.55 Å². The molecule has 1 aromatic heterocycles. The zero-order chi connectivity index (χ0) is 14.3. The second-order valence-electron chi connectivity index (χ2n) is 4.95. The molecule has 3 aromatic rings. The highest BCUT2D eigenvalue weighted by atomic mass is 79.9. The number of hydrogen-bond acceptors (Lipinski definition) is 1. The molecule has 4 heteroatoms. The summed E-state index contributed by atoms with van der Waals surface area (Å²) in [6, 6.07) is 10.4. The van der Waals surface area contributed by atoms with Crippen LogP contribution in [0.25, 0.3) is 16.7 Å². The van der Waals surface area contributed by atoms with E-state index in [4.69, 9.17) is 11.6 Å². The fourth-order valence-electron chi connectivity index (χ4n) is 2.35. The van der Waals surface area contributed by atoms with Crippen molar-refractivity contribution < 1.29 is 0 Å². The second-order valence-corrected chi connectivity index (χ2v) is 6.13. The lowest BCUT2D eigenvalue weighted by Crippen LogP contribution is -1.97. The van der Waals surface area contributed by atoms with Crippen molar-refractivity contribution in [1.29, 1.82) is 0 Å². The highest BCUT2D eigenvalue weighted by Gasteiger charge is 2.10. The number of nitrogens with zero attached hydrogens (tertiary/aromatic N) is 2. The molecule has 0 unspecified atom stereocenters. The number of imidazole rings is 1. The van der Waals surface area contributed by atoms with Gasteiger partial charge in [0, 0.05) is 10.4 Å². The minimum absolute atomic E-state index is 0.472. The maximum absolute atomic E-state index is 6.07. The van der Waals surface area contributed by atoms with Gasteiger partial charge in [-0.25, -0.2) is 4.98 Å². The van der Waals surface area contributed by atoms with Crippen molar-refractivity contribution in [2.45, 2.75) is 19.7 Å². The van der Waals surface area contributed by atoms with Gasteiger partial charge >= 0.3 is 0 Å². The fraction of sp³-hybridized carbons (Fsp3) is 0.188. The van der Waals surface area contributed by atoms with Gasteiger partial charge in [0.2, 0.25) is 0 Å². The SMILES string of the molecule is Cc1cc2ncn(-c3ccc(Br)cc3CCl)c2cc1C. The molecular weight excluding hydrogens is 336 g/mol. The predicted octanol–water partition coefficient (Wildman–Crippen LogP) is 5.14. The normalized spacial score (nSPS) is 11.2. The molecule has 2 nitrogen and oxygen atoms in total. The summed E-state index contributed by atoms with van der Waals surface area (Å²) < 4.78 is 3.14. The van der Waals surface area contributed by atoms with Gasteiger partial charge in [-0.3, -0.25) is 4.57 Å². The Morgan fingerprint density at radius 2 is 1.90 bits per heavy atom. The number of alkyl halides is 1. The van der Waals surface area contributed by atoms with Crippen LogP contribution in [-0.4, -0.2) is 9.55 Å². The van der Waals surface area contributed by atoms with E-state index in [1.165, 1.54) is 11.1 Å². The van der Waals surface area contributed by atoms with Gasteiger partial charge in [-0.1, -0.05) is 15.9 Å². The minimum Gasteiger partial charge on any atom is -0.299 e. The van der Waals surface area contributed by atoms with E-state index in [1.807, 2.05) is 12.4 Å². The molecule has 0 radical (unpaired) electrons. The van der Waals surface area contributed by atoms with Gasteiger partial charge in [0.1, 0.15) is 6.33 Å². The summed E-state index contributed by atoms with van der Waals surface area (Å²) in [5.74, 6) is 0.472. The number of aryl methyl sites for hydroxylation is 2. The largest absolute Gasteiger partial charge is 0.299 e. The van der Waals surface area contributed by atoms with Crippen LogP contribution in [0.5, 0.6) is 0 Å². The molecule has 3 rings (SSSR count). The van der Waals surface area contributed by atoms with Crippen LogP contribution < -0.4 is 0 Å². The number of halogens is 2. The Morgan fingerprint density at radius 1 is 1.15 bits per heavy atom. The van der Waals surface area contributed by atoms with Crippen LogP contribution in [0.2, 0.25) is 0 Å². The third-order valence-corrected chi connectivity index (χ3v) is 4.39. The average Bonchev–Trinajstić information content (AvgIpc) is 2.82. The number of fused-ring (bicyclic) bond motifs is 1. The van der Waals surface area contributed by atoms with Crippen LogP contribution in [0.4, 0.5) is 0 Å². The van der Waals surface area contributed by atoms with Gasteiger partial charge in [-0.2, -0.15) is 0 Å². The molecule has 0 aliphatic carbocycles. The van der Waals surface area contributed by atoms with Crippen LogP contribution in [-0.2, 0) is 5.88 Å². The van der Waals surface area contributed by atoms with E-state index >= 15 is 0 Å². The molecule has 0 bridgehead atoms. The molecule has 0 amide bonds. The zero-order valence-electron chi connectivity index (χ0n) is 11.3. The summed E-state index contributed by atoms with van der Waals surface area (Å²) in [5.41, 5.74) is 6.81. The number of hydrogen-bond donors (Lipinski definition) is 0. The molecule has 20 heavy (non-hydrogen) atoms. The monoisotopic (exact) mass is 348 g/mol. The standard InChI is InChI=1S/C16H14BrClN2/c1-10-5-14-16(6-11(10)2)20(9-19-14)15-4-3-13(17)7-12(15)8-18/h3-7,9H,8H2,1-2H3. The Kier molecular flexibility index (Phi) is 3.57. The topological polar surface area (TPSA) is 17.8 Å². The number of rotatable bonds is 2. The predicted molar refractivity (Wildman–Crippen MR) is 87.8 cm³/mol. The van der Waals surface area contributed by atoms with Gasteiger partial charge in [-0.05, 0) is 60.9 Å². The Bertz CT molecular complexity index is 793. The maximum atomic E-state index is 6.07. The minimum atomic E-state index is 0.472. The first kappa shape index (κ1) is 13.7. The van der Waals surface area contributed by atoms with Crippen molar-refractivity contribution in [3.63, 3.8) is 0 Å². The lowest BCUT2D eigenvalue weighted by atomic mass is 10.1. The summed E-state index contributed by atoms with van der Waals surface area (Å²) in [6.07, 6.45) is 1.86. The van der Waals surface area contributed by atoms with Crippen molar-refractivity contribution in [3.05, 3.63) is 57.8 Å². The van der Waals surface area contributed by atoms with E-state index in [0.717, 1.165) is 26.8 Å². The molecule has 2 aromatic carbocycles. The molecule has 0 saturated heterocycles. The Hall–Kier alpha value is -1.32. The maximum Gasteiger partial charge on any atom is 0.100 e. The van der Waals surface area contributed by atoms with E-state index in [9.17, 15) is 0 Å². The van der Waals surface area contributed by atoms with Crippen LogP contribution in [0, 0.1) is 13.8 Å². The van der Waals surface area contributed by atoms with E-state index < -0.39 is 0 Å². The van der Waals surface area contributed by atoms with Gasteiger partial charge in [0.25, 0.3) is 0 Å². The number of benzene rings is 2. The van der Waals surface area contributed by atoms with Crippen molar-refractivity contribution >= 4 is 38.6 Å². The fourth-order valence-corrected chi connectivity index (χ4v) is 2.97. The van der Waals surface area contributed by atoms with E-state index in [-0.39, 0.29) is 0 Å². The Labute approximate surface area is 131 Å². The quantitative estimate of drug-likeness (QED) is 0.585. The summed E-state index contributed by atoms with van der Waals surface area (Å²) in [4.78, 5) is 4.50. The molecule has 0 atom stereocenters. The Morgan fingerprint density at radius 3 is 2.65 bits per heavy atom. The van der Waals surface area contributed by atoms with Crippen LogP contribution in [0.1, 0.15) is 16.7 Å². The zero-order valence-corrected chi connectivity index (χ0v) is 13.7. The molecule has 0 fully saturated rings.